The summed E-state index contributed by atoms with van der Waals surface area (Å²) in [5.74, 6) is -0.140. The fourth-order valence-electron chi connectivity index (χ4n) is 3.34. The van der Waals surface area contributed by atoms with Crippen LogP contribution < -0.4 is 21.4 Å². The minimum atomic E-state index is -0.878. The topological polar surface area (TPSA) is 114 Å². The molecule has 1 aliphatic rings. The maximum absolute atomic E-state index is 13.3. The number of hydrogen-bond donors (Lipinski definition) is 1. The van der Waals surface area contributed by atoms with E-state index in [-0.39, 0.29) is 24.7 Å². The van der Waals surface area contributed by atoms with E-state index in [0.29, 0.717) is 23.1 Å². The van der Waals surface area contributed by atoms with Gasteiger partial charge in [0.2, 0.25) is 0 Å². The molecular weight excluding hydrogens is 463 g/mol. The van der Waals surface area contributed by atoms with Crippen molar-refractivity contribution in [1.82, 2.24) is 14.1 Å². The number of benzene rings is 2. The van der Waals surface area contributed by atoms with Gasteiger partial charge in [-0.25, -0.2) is 0 Å². The van der Waals surface area contributed by atoms with Crippen molar-refractivity contribution in [2.24, 2.45) is 0 Å². The monoisotopic (exact) mass is 481 g/mol. The van der Waals surface area contributed by atoms with Gasteiger partial charge < -0.3 is 0 Å². The molecule has 1 radical (unpaired) electrons. The van der Waals surface area contributed by atoms with Crippen LogP contribution in [0, 0.1) is 0 Å². The summed E-state index contributed by atoms with van der Waals surface area (Å²) in [6.45, 7) is 0.138. The standard InChI is InChI=1S/C22H19BClN4O6/c1-32-19(29)17(23)10-28-21(30)26-20(25-16-6-7-18-14(8-16)11-33-12-34-18)27(22(28)31)9-13-2-4-15(24)5-3-13/h2-8H,9-12H2,1H3,(H,25,26,30). The summed E-state index contributed by atoms with van der Waals surface area (Å²) in [4.78, 5) is 41.8. The normalized spacial score (nSPS) is 12.4. The number of halogens is 1. The molecule has 0 bridgehead atoms. The molecule has 0 amide bonds. The van der Waals surface area contributed by atoms with Crippen molar-refractivity contribution in [3.05, 3.63) is 79.6 Å². The van der Waals surface area contributed by atoms with Crippen LogP contribution in [0.2, 0.25) is 5.02 Å². The van der Waals surface area contributed by atoms with Gasteiger partial charge in [0.25, 0.3) is 0 Å². The Bertz CT molecular complexity index is 1370. The average molecular weight is 482 g/mol. The Hall–Kier alpha value is -3.70. The van der Waals surface area contributed by atoms with E-state index < -0.39 is 23.9 Å². The van der Waals surface area contributed by atoms with Crippen LogP contribution in [0.3, 0.4) is 0 Å². The van der Waals surface area contributed by atoms with Crippen molar-refractivity contribution in [2.45, 2.75) is 19.7 Å². The van der Waals surface area contributed by atoms with Gasteiger partial charge in [-0.3, -0.25) is 0 Å². The Balaban J connectivity index is 1.75. The molecule has 2 aromatic carbocycles. The van der Waals surface area contributed by atoms with E-state index >= 15 is 0 Å². The van der Waals surface area contributed by atoms with Crippen molar-refractivity contribution in [3.63, 3.8) is 0 Å². The number of carbonyl (C=O) groups is 1. The summed E-state index contributed by atoms with van der Waals surface area (Å²) < 4.78 is 17.3. The average Bonchev–Trinajstić information content (AvgIpc) is 2.84. The fraction of sp³-hybridized carbons (Fsp3) is 0.227. The van der Waals surface area contributed by atoms with Crippen LogP contribution in [0.25, 0.3) is 0 Å². The van der Waals surface area contributed by atoms with Gasteiger partial charge in [0.05, 0.1) is 0 Å². The van der Waals surface area contributed by atoms with Crippen molar-refractivity contribution >= 4 is 42.2 Å². The van der Waals surface area contributed by atoms with Crippen LogP contribution in [0.15, 0.2) is 52.1 Å². The molecule has 0 aliphatic carbocycles. The molecule has 0 fully saturated rings. The molecule has 0 saturated heterocycles. The Morgan fingerprint density at radius 1 is 1.21 bits per heavy atom. The number of methoxy groups -OCH3 is 1. The van der Waals surface area contributed by atoms with Crippen LogP contribution in [-0.4, -0.2) is 46.9 Å². The number of hydrogen-bond acceptors (Lipinski definition) is 8. The molecule has 2 heterocycles. The molecular formula is C22H19BClN4O6. The number of nitrogens with one attached hydrogen (secondary N) is 1. The fourth-order valence-corrected chi connectivity index (χ4v) is 3.46. The van der Waals surface area contributed by atoms with Gasteiger partial charge in [0.15, 0.2) is 6.79 Å². The third kappa shape index (κ3) is 5.10. The number of fused-ring (bicyclic) bond motifs is 1. The molecule has 0 unspecified atom stereocenters. The Morgan fingerprint density at radius 2 is 1.97 bits per heavy atom. The zero-order chi connectivity index (χ0) is 24.2. The summed E-state index contributed by atoms with van der Waals surface area (Å²) in [7, 11) is 6.85. The Morgan fingerprint density at radius 3 is 2.71 bits per heavy atom. The molecule has 3 aromatic rings. The van der Waals surface area contributed by atoms with Crippen molar-refractivity contribution < 1.29 is 19.0 Å². The van der Waals surface area contributed by atoms with Gasteiger partial charge in [-0.15, -0.1) is 0 Å². The number of nitrogens with zero attached hydrogens (tertiary/aromatic N) is 3. The van der Waals surface area contributed by atoms with Crippen molar-refractivity contribution in [2.75, 3.05) is 19.2 Å². The summed E-state index contributed by atoms with van der Waals surface area (Å²) >= 11 is 5.97. The number of aromatic nitrogens is 3. The molecule has 4 rings (SSSR count). The second-order valence-electron chi connectivity index (χ2n) is 7.37. The van der Waals surface area contributed by atoms with Crippen LogP contribution in [0.4, 0.5) is 11.6 Å². The molecule has 0 atom stereocenters. The van der Waals surface area contributed by atoms with Gasteiger partial charge in [-0.1, -0.05) is 0 Å². The Labute approximate surface area is 199 Å². The molecule has 12 heteroatoms. The van der Waals surface area contributed by atoms with Gasteiger partial charge in [0.1, 0.15) is 0 Å². The molecule has 173 valence electrons. The van der Waals surface area contributed by atoms with E-state index in [9.17, 15) is 14.4 Å². The van der Waals surface area contributed by atoms with Gasteiger partial charge in [-0.2, -0.15) is 0 Å². The summed E-state index contributed by atoms with van der Waals surface area (Å²) in [5, 5.41) is 3.56. The molecule has 1 N–H and O–H groups in total. The van der Waals surface area contributed by atoms with Crippen LogP contribution in [0.5, 0.6) is 5.75 Å². The zero-order valence-corrected chi connectivity index (χ0v) is 18.9. The molecule has 10 nitrogen and oxygen atoms in total. The molecule has 34 heavy (non-hydrogen) atoms. The van der Waals surface area contributed by atoms with Gasteiger partial charge in [-0.05, 0) is 0 Å². The number of rotatable bonds is 7. The van der Waals surface area contributed by atoms with E-state index in [1.165, 1.54) is 4.57 Å². The summed E-state index contributed by atoms with van der Waals surface area (Å²) in [5.41, 5.74) is 0.208. The molecule has 1 aromatic heterocycles. The predicted molar refractivity (Wildman–Crippen MR) is 126 cm³/mol. The van der Waals surface area contributed by atoms with Crippen LogP contribution in [0.1, 0.15) is 11.1 Å². The van der Waals surface area contributed by atoms with E-state index in [2.05, 4.69) is 15.0 Å². The van der Waals surface area contributed by atoms with Crippen molar-refractivity contribution in [1.29, 1.82) is 0 Å². The first-order valence-corrected chi connectivity index (χ1v) is 10.5. The van der Waals surface area contributed by atoms with Crippen molar-refractivity contribution in [3.8, 4) is 5.75 Å². The van der Waals surface area contributed by atoms with E-state index in [0.717, 1.165) is 22.8 Å². The van der Waals surface area contributed by atoms with Crippen LogP contribution in [-0.2, 0) is 34.0 Å². The van der Waals surface area contributed by atoms with E-state index in [4.69, 9.17) is 28.6 Å². The predicted octanol–water partition coefficient (Wildman–Crippen LogP) is 1.23. The van der Waals surface area contributed by atoms with E-state index in [1.807, 2.05) is 0 Å². The SMILES string of the molecule is [B]=C(Cn1c(=O)nc(Nc2ccc3c(c2)COCO3)n(Cc2ccc(Cl)cc2)c1=O)C(=O)OC. The molecule has 1 aliphatic heterocycles. The Kier molecular flexibility index (Phi) is 6.94. The first-order chi connectivity index (χ1) is 16.4. The second kappa shape index (κ2) is 10.1. The summed E-state index contributed by atoms with van der Waals surface area (Å²) in [6, 6.07) is 12.1. The third-order valence-electron chi connectivity index (χ3n) is 5.05. The molecule has 0 spiro atoms. The molecule has 0 saturated carbocycles. The number of anilines is 2. The first-order valence-electron chi connectivity index (χ1n) is 10.1. The minimum absolute atomic E-state index is 0.00966. The summed E-state index contributed by atoms with van der Waals surface area (Å²) in [6.07, 6.45) is 0. The maximum atomic E-state index is 13.3. The van der Waals surface area contributed by atoms with Gasteiger partial charge in [0, 0.05) is 0 Å². The van der Waals surface area contributed by atoms with Crippen LogP contribution >= 0.6 is 11.6 Å². The van der Waals surface area contributed by atoms with Gasteiger partial charge >= 0.3 is 193 Å². The van der Waals surface area contributed by atoms with E-state index in [1.54, 1.807) is 42.5 Å². The third-order valence-corrected chi connectivity index (χ3v) is 5.30. The zero-order valence-electron chi connectivity index (χ0n) is 18.1. The number of carbonyl (C=O) groups excluding carboxylic acids is 1. The first kappa shape index (κ1) is 23.5. The number of ether oxygens (including phenoxy) is 3. The second-order valence-corrected chi connectivity index (χ2v) is 7.81. The quantitative estimate of drug-likeness (QED) is 0.396. The number of esters is 1.